The van der Waals surface area contributed by atoms with Crippen LogP contribution in [0.25, 0.3) is 0 Å². The molecule has 1 heterocycles. The van der Waals surface area contributed by atoms with Gasteiger partial charge in [-0.2, -0.15) is 13.2 Å². The second kappa shape index (κ2) is 3.79. The van der Waals surface area contributed by atoms with Crippen LogP contribution in [0.4, 0.5) is 18.9 Å². The summed E-state index contributed by atoms with van der Waals surface area (Å²) in [5.41, 5.74) is -1.04. The average Bonchev–Trinajstić information content (AvgIpc) is 2.41. The van der Waals surface area contributed by atoms with Gasteiger partial charge in [-0.05, 0) is 18.2 Å². The summed E-state index contributed by atoms with van der Waals surface area (Å²) in [5.74, 6) is -1.83. The summed E-state index contributed by atoms with van der Waals surface area (Å²) in [6, 6.07) is 2.56. The summed E-state index contributed by atoms with van der Waals surface area (Å²) in [6.45, 7) is 0. The molecule has 1 aromatic carbocycles. The van der Waals surface area contributed by atoms with Crippen LogP contribution in [-0.2, 0) is 11.0 Å². The Morgan fingerprint density at radius 3 is 2.31 bits per heavy atom. The predicted molar refractivity (Wildman–Crippen MR) is 51.7 cm³/mol. The highest BCUT2D eigenvalue weighted by atomic mass is 35.5. The highest BCUT2D eigenvalue weighted by Crippen LogP contribution is 2.33. The first kappa shape index (κ1) is 12.5. The topological polar surface area (TPSA) is 46.2 Å². The van der Waals surface area contributed by atoms with Gasteiger partial charge in [0.2, 0.25) is 0 Å². The monoisotopic (exact) mass is 251 g/mol. The van der Waals surface area contributed by atoms with E-state index in [0.29, 0.717) is 6.07 Å². The number of alkyl halides is 3. The summed E-state index contributed by atoms with van der Waals surface area (Å²) in [5, 5.41) is 2.17. The van der Waals surface area contributed by atoms with E-state index < -0.39 is 23.4 Å². The van der Waals surface area contributed by atoms with Crippen LogP contribution in [0.3, 0.4) is 0 Å². The third-order valence-corrected chi connectivity index (χ3v) is 2.05. The Morgan fingerprint density at radius 2 is 1.75 bits per heavy atom. The number of hydrogen-bond acceptors (Lipinski definition) is 2. The maximum atomic E-state index is 12.3. The van der Waals surface area contributed by atoms with E-state index in [1.54, 1.807) is 0 Å². The molecule has 0 aromatic heterocycles. The van der Waals surface area contributed by atoms with Gasteiger partial charge in [0.05, 0.1) is 16.8 Å². The normalized spacial score (nSPS) is 14.2. The maximum absolute atomic E-state index is 12.3. The number of Topliss-reactive ketones (excluding diaryl/α,β-unsaturated/α-hetero) is 1. The van der Waals surface area contributed by atoms with Gasteiger partial charge in [-0.1, -0.05) is 0 Å². The first-order valence-corrected chi connectivity index (χ1v) is 3.96. The fraction of sp³-hybridized carbons (Fsp3) is 0.111. The van der Waals surface area contributed by atoms with Crippen molar-refractivity contribution < 1.29 is 22.8 Å². The Labute approximate surface area is 94.0 Å². The molecule has 16 heavy (non-hydrogen) atoms. The zero-order valence-corrected chi connectivity index (χ0v) is 8.41. The molecule has 0 aliphatic carbocycles. The predicted octanol–water partition coefficient (Wildman–Crippen LogP) is 2.26. The number of rotatable bonds is 0. The van der Waals surface area contributed by atoms with Gasteiger partial charge in [0.15, 0.2) is 0 Å². The number of carbonyl (C=O) groups is 2. The Hall–Kier alpha value is -1.56. The fourth-order valence-electron chi connectivity index (χ4n) is 1.32. The molecule has 2 rings (SSSR count). The molecular formula is C9H5ClF3NO2. The molecule has 1 aliphatic heterocycles. The van der Waals surface area contributed by atoms with Crippen molar-refractivity contribution in [2.24, 2.45) is 0 Å². The van der Waals surface area contributed by atoms with Crippen molar-refractivity contribution in [1.29, 1.82) is 0 Å². The molecule has 0 atom stereocenters. The van der Waals surface area contributed by atoms with E-state index in [2.05, 4.69) is 5.32 Å². The molecule has 0 saturated carbocycles. The zero-order chi connectivity index (χ0) is 11.2. The van der Waals surface area contributed by atoms with E-state index in [9.17, 15) is 22.8 Å². The standard InChI is InChI=1S/C9H4F3NO2.ClH/c10-9(11,12)4-1-2-6-5(3-4)7(14)8(15)13-6;/h1-3H,(H,13,14,15);1H. The third-order valence-electron chi connectivity index (χ3n) is 2.05. The largest absolute Gasteiger partial charge is 0.416 e. The van der Waals surface area contributed by atoms with E-state index in [-0.39, 0.29) is 23.7 Å². The maximum Gasteiger partial charge on any atom is 0.416 e. The van der Waals surface area contributed by atoms with E-state index in [0.717, 1.165) is 12.1 Å². The van der Waals surface area contributed by atoms with Gasteiger partial charge < -0.3 is 5.32 Å². The molecule has 0 unspecified atom stereocenters. The van der Waals surface area contributed by atoms with Crippen LogP contribution in [-0.4, -0.2) is 11.7 Å². The van der Waals surface area contributed by atoms with Crippen LogP contribution in [0.2, 0.25) is 0 Å². The summed E-state index contributed by atoms with van der Waals surface area (Å²) in [6.07, 6.45) is -4.51. The molecule has 0 saturated heterocycles. The van der Waals surface area contributed by atoms with E-state index in [1.165, 1.54) is 0 Å². The van der Waals surface area contributed by atoms with Gasteiger partial charge in [0.1, 0.15) is 0 Å². The van der Waals surface area contributed by atoms with E-state index >= 15 is 0 Å². The molecule has 7 heteroatoms. The lowest BCUT2D eigenvalue weighted by Crippen LogP contribution is -2.12. The zero-order valence-electron chi connectivity index (χ0n) is 7.59. The number of ketones is 1. The second-order valence-electron chi connectivity index (χ2n) is 3.04. The number of fused-ring (bicyclic) bond motifs is 1. The molecule has 0 bridgehead atoms. The van der Waals surface area contributed by atoms with Crippen molar-refractivity contribution in [1.82, 2.24) is 0 Å². The lowest BCUT2D eigenvalue weighted by Gasteiger charge is -2.06. The van der Waals surface area contributed by atoms with Crippen LogP contribution >= 0.6 is 12.4 Å². The number of benzene rings is 1. The Bertz CT molecular complexity index is 470. The van der Waals surface area contributed by atoms with Gasteiger partial charge in [0.25, 0.3) is 11.7 Å². The van der Waals surface area contributed by atoms with Crippen molar-refractivity contribution in [2.45, 2.75) is 6.18 Å². The summed E-state index contributed by atoms with van der Waals surface area (Å²) in [7, 11) is 0. The summed E-state index contributed by atoms with van der Waals surface area (Å²) >= 11 is 0. The number of carbonyl (C=O) groups excluding carboxylic acids is 2. The van der Waals surface area contributed by atoms with Gasteiger partial charge in [0, 0.05) is 0 Å². The van der Waals surface area contributed by atoms with Crippen LogP contribution in [0, 0.1) is 0 Å². The van der Waals surface area contributed by atoms with Crippen LogP contribution in [0.5, 0.6) is 0 Å². The molecule has 1 amide bonds. The Morgan fingerprint density at radius 1 is 1.12 bits per heavy atom. The molecule has 1 aromatic rings. The molecular weight excluding hydrogens is 247 g/mol. The molecule has 0 radical (unpaired) electrons. The minimum atomic E-state index is -4.51. The lowest BCUT2D eigenvalue weighted by atomic mass is 10.1. The van der Waals surface area contributed by atoms with Crippen molar-refractivity contribution >= 4 is 29.8 Å². The van der Waals surface area contributed by atoms with Crippen LogP contribution < -0.4 is 5.32 Å². The first-order chi connectivity index (χ1) is 6.89. The number of halogens is 4. The Balaban J connectivity index is 0.00000128. The molecule has 3 nitrogen and oxygen atoms in total. The average molecular weight is 252 g/mol. The summed E-state index contributed by atoms with van der Waals surface area (Å²) < 4.78 is 36.8. The number of nitrogens with one attached hydrogen (secondary N) is 1. The SMILES string of the molecule is Cl.O=C1Nc2ccc(C(F)(F)F)cc2C1=O. The van der Waals surface area contributed by atoms with Gasteiger partial charge in [-0.25, -0.2) is 0 Å². The highest BCUT2D eigenvalue weighted by molar-refractivity contribution is 6.51. The fourth-order valence-corrected chi connectivity index (χ4v) is 1.32. The molecule has 0 fully saturated rings. The number of hydrogen-bond donors (Lipinski definition) is 1. The van der Waals surface area contributed by atoms with Gasteiger partial charge in [-0.3, -0.25) is 9.59 Å². The lowest BCUT2D eigenvalue weighted by molar-refractivity contribution is -0.137. The molecule has 1 N–H and O–H groups in total. The van der Waals surface area contributed by atoms with Crippen molar-refractivity contribution in [2.75, 3.05) is 5.32 Å². The summed E-state index contributed by atoms with van der Waals surface area (Å²) in [4.78, 5) is 21.9. The van der Waals surface area contributed by atoms with Gasteiger partial charge in [-0.15, -0.1) is 12.4 Å². The van der Waals surface area contributed by atoms with Crippen molar-refractivity contribution in [3.05, 3.63) is 29.3 Å². The van der Waals surface area contributed by atoms with Gasteiger partial charge >= 0.3 is 6.18 Å². The molecule has 86 valence electrons. The quantitative estimate of drug-likeness (QED) is 0.719. The van der Waals surface area contributed by atoms with Crippen LogP contribution in [0.15, 0.2) is 18.2 Å². The molecule has 0 spiro atoms. The van der Waals surface area contributed by atoms with Crippen molar-refractivity contribution in [3.63, 3.8) is 0 Å². The van der Waals surface area contributed by atoms with E-state index in [1.807, 2.05) is 0 Å². The number of amides is 1. The highest BCUT2D eigenvalue weighted by Gasteiger charge is 2.35. The van der Waals surface area contributed by atoms with Crippen molar-refractivity contribution in [3.8, 4) is 0 Å². The van der Waals surface area contributed by atoms with Crippen LogP contribution in [0.1, 0.15) is 15.9 Å². The first-order valence-electron chi connectivity index (χ1n) is 3.96. The van der Waals surface area contributed by atoms with E-state index in [4.69, 9.17) is 0 Å². The number of anilines is 1. The second-order valence-corrected chi connectivity index (χ2v) is 3.04. The third kappa shape index (κ3) is 1.88. The smallest absolute Gasteiger partial charge is 0.318 e. The minimum Gasteiger partial charge on any atom is -0.318 e. The minimum absolute atomic E-state index is 0. The molecule has 1 aliphatic rings. The Kier molecular flexibility index (Phi) is 2.96.